The van der Waals surface area contributed by atoms with Crippen LogP contribution in [0, 0.1) is 17.8 Å². The van der Waals surface area contributed by atoms with Crippen LogP contribution < -0.4 is 13.6 Å². The average molecular weight is 511 g/mol. The molecule has 0 amide bonds. The Morgan fingerprint density at radius 3 is 1.03 bits per heavy atom. The fraction of sp³-hybridized carbons (Fsp3) is 0.400. The second-order valence-corrected chi connectivity index (χ2v) is 13.1. The van der Waals surface area contributed by atoms with Crippen molar-refractivity contribution in [2.75, 3.05) is 0 Å². The maximum Gasteiger partial charge on any atom is 0.490 e. The van der Waals surface area contributed by atoms with Gasteiger partial charge in [-0.05, 0) is 71.9 Å². The van der Waals surface area contributed by atoms with Crippen molar-refractivity contribution in [1.29, 1.82) is 0 Å². The van der Waals surface area contributed by atoms with E-state index in [4.69, 9.17) is 25.4 Å². The molecular formula is C30H39O3PS. The lowest BCUT2D eigenvalue weighted by Crippen LogP contribution is -2.11. The molecule has 0 aromatic heterocycles. The maximum atomic E-state index is 6.54. The molecule has 0 unspecified atom stereocenters. The van der Waals surface area contributed by atoms with Crippen molar-refractivity contribution in [3.63, 3.8) is 0 Å². The first-order valence-corrected chi connectivity index (χ1v) is 15.1. The highest BCUT2D eigenvalue weighted by Crippen LogP contribution is 2.52. The molecule has 0 spiro atoms. The Balaban J connectivity index is 2.03. The van der Waals surface area contributed by atoms with Crippen molar-refractivity contribution < 1.29 is 13.6 Å². The van der Waals surface area contributed by atoms with Gasteiger partial charge in [0.25, 0.3) is 0 Å². The molecule has 3 rings (SSSR count). The molecule has 0 radical (unpaired) electrons. The van der Waals surface area contributed by atoms with Gasteiger partial charge < -0.3 is 13.6 Å². The van der Waals surface area contributed by atoms with Crippen LogP contribution in [0.1, 0.15) is 58.2 Å². The summed E-state index contributed by atoms with van der Waals surface area (Å²) in [4.78, 5) is 0. The quantitative estimate of drug-likeness (QED) is 0.227. The van der Waals surface area contributed by atoms with Crippen molar-refractivity contribution in [3.05, 3.63) is 89.5 Å². The van der Waals surface area contributed by atoms with E-state index in [0.717, 1.165) is 53.2 Å². The van der Waals surface area contributed by atoms with E-state index in [1.54, 1.807) is 0 Å². The van der Waals surface area contributed by atoms with Gasteiger partial charge >= 0.3 is 6.72 Å². The van der Waals surface area contributed by atoms with Gasteiger partial charge in [-0.2, -0.15) is 0 Å². The average Bonchev–Trinajstić information content (AvgIpc) is 2.77. The van der Waals surface area contributed by atoms with Gasteiger partial charge in [-0.25, -0.2) is 0 Å². The van der Waals surface area contributed by atoms with Crippen LogP contribution in [0.25, 0.3) is 0 Å². The zero-order valence-electron chi connectivity index (χ0n) is 21.9. The summed E-state index contributed by atoms with van der Waals surface area (Å²) in [6.45, 7) is 9.93. The van der Waals surface area contributed by atoms with Gasteiger partial charge in [0.1, 0.15) is 17.2 Å². The van der Waals surface area contributed by atoms with E-state index in [1.165, 1.54) is 0 Å². The smallest absolute Gasteiger partial charge is 0.407 e. The SMILES string of the molecule is CC(C)Cc1ccccc1OP(=S)(Oc1ccccc1CC(C)C)Oc1ccccc1CC(C)C. The van der Waals surface area contributed by atoms with Gasteiger partial charge in [-0.3, -0.25) is 0 Å². The Hall–Kier alpha value is -2.29. The van der Waals surface area contributed by atoms with Crippen LogP contribution in [0.4, 0.5) is 0 Å². The predicted molar refractivity (Wildman–Crippen MR) is 151 cm³/mol. The van der Waals surface area contributed by atoms with E-state index in [-0.39, 0.29) is 0 Å². The monoisotopic (exact) mass is 510 g/mol. The summed E-state index contributed by atoms with van der Waals surface area (Å²) in [6, 6.07) is 24.2. The van der Waals surface area contributed by atoms with Crippen molar-refractivity contribution in [1.82, 2.24) is 0 Å². The van der Waals surface area contributed by atoms with Gasteiger partial charge in [0, 0.05) is 11.8 Å². The van der Waals surface area contributed by atoms with Gasteiger partial charge in [0.05, 0.1) is 0 Å². The van der Waals surface area contributed by atoms with Gasteiger partial charge in [0.2, 0.25) is 0 Å². The highest BCUT2D eigenvalue weighted by molar-refractivity contribution is 8.08. The fourth-order valence-corrected chi connectivity index (χ4v) is 6.11. The second kappa shape index (κ2) is 12.6. The minimum Gasteiger partial charge on any atom is -0.407 e. The van der Waals surface area contributed by atoms with E-state index in [9.17, 15) is 0 Å². The third kappa shape index (κ3) is 8.40. The highest BCUT2D eigenvalue weighted by atomic mass is 32.5. The molecular weight excluding hydrogens is 471 g/mol. The molecule has 0 heterocycles. The lowest BCUT2D eigenvalue weighted by molar-refractivity contribution is 0.376. The molecule has 0 aliphatic carbocycles. The summed E-state index contributed by atoms with van der Waals surface area (Å²) in [5.41, 5.74) is 3.32. The lowest BCUT2D eigenvalue weighted by Gasteiger charge is -2.27. The van der Waals surface area contributed by atoms with Crippen LogP contribution in [-0.2, 0) is 31.1 Å². The first kappa shape index (κ1) is 27.3. The predicted octanol–water partition coefficient (Wildman–Crippen LogP) is 9.04. The van der Waals surface area contributed by atoms with Crippen LogP contribution in [-0.4, -0.2) is 0 Å². The Labute approximate surface area is 217 Å². The number of para-hydroxylation sites is 3. The third-order valence-electron chi connectivity index (χ3n) is 5.43. The van der Waals surface area contributed by atoms with E-state index >= 15 is 0 Å². The molecule has 0 aliphatic rings. The molecule has 0 atom stereocenters. The molecule has 5 heteroatoms. The molecule has 188 valence electrons. The van der Waals surface area contributed by atoms with Crippen LogP contribution in [0.3, 0.4) is 0 Å². The van der Waals surface area contributed by atoms with E-state index in [2.05, 4.69) is 59.7 Å². The second-order valence-electron chi connectivity index (χ2n) is 10.3. The Bertz CT molecular complexity index is 998. The summed E-state index contributed by atoms with van der Waals surface area (Å²) in [7, 11) is 0. The van der Waals surface area contributed by atoms with Crippen molar-refractivity contribution in [3.8, 4) is 17.2 Å². The first-order chi connectivity index (χ1) is 16.6. The lowest BCUT2D eigenvalue weighted by atomic mass is 10.0. The van der Waals surface area contributed by atoms with Crippen molar-refractivity contribution >= 4 is 18.5 Å². The summed E-state index contributed by atoms with van der Waals surface area (Å²) >= 11 is 6.11. The summed E-state index contributed by atoms with van der Waals surface area (Å²) < 4.78 is 19.6. The van der Waals surface area contributed by atoms with E-state index in [1.807, 2.05) is 54.6 Å². The Kier molecular flexibility index (Phi) is 9.83. The molecule has 3 nitrogen and oxygen atoms in total. The third-order valence-corrected chi connectivity index (χ3v) is 7.36. The number of hydrogen-bond acceptors (Lipinski definition) is 4. The molecule has 0 N–H and O–H groups in total. The minimum absolute atomic E-state index is 0.484. The number of hydrogen-bond donors (Lipinski definition) is 0. The molecule has 0 bridgehead atoms. The molecule has 0 saturated carbocycles. The topological polar surface area (TPSA) is 27.7 Å². The number of rotatable bonds is 12. The highest BCUT2D eigenvalue weighted by Gasteiger charge is 2.30. The zero-order valence-corrected chi connectivity index (χ0v) is 23.6. The zero-order chi connectivity index (χ0) is 25.4. The fourth-order valence-electron chi connectivity index (χ4n) is 4.02. The number of benzene rings is 3. The summed E-state index contributed by atoms with van der Waals surface area (Å²) in [6.07, 6.45) is 2.66. The molecule has 0 aliphatic heterocycles. The Morgan fingerprint density at radius 1 is 0.514 bits per heavy atom. The van der Waals surface area contributed by atoms with Crippen molar-refractivity contribution in [2.24, 2.45) is 17.8 Å². The molecule has 3 aromatic rings. The van der Waals surface area contributed by atoms with Gasteiger partial charge in [-0.15, -0.1) is 0 Å². The first-order valence-electron chi connectivity index (χ1n) is 12.6. The maximum absolute atomic E-state index is 6.54. The minimum atomic E-state index is -3.26. The Morgan fingerprint density at radius 2 is 0.771 bits per heavy atom. The van der Waals surface area contributed by atoms with Crippen LogP contribution >= 0.6 is 6.72 Å². The molecule has 3 aromatic carbocycles. The van der Waals surface area contributed by atoms with E-state index < -0.39 is 6.72 Å². The largest absolute Gasteiger partial charge is 0.490 e. The summed E-state index contributed by atoms with van der Waals surface area (Å²) in [5, 5.41) is 0. The van der Waals surface area contributed by atoms with Gasteiger partial charge in [-0.1, -0.05) is 96.1 Å². The van der Waals surface area contributed by atoms with Gasteiger partial charge in [0.15, 0.2) is 0 Å². The standard InChI is InChI=1S/C30H39O3PS/c1-22(2)19-25-13-7-10-16-28(25)31-34(35,32-29-17-11-8-14-26(29)20-23(3)4)33-30-18-12-9-15-27(30)21-24(5)6/h7-18,22-24H,19-21H2,1-6H3. The summed E-state index contributed by atoms with van der Waals surface area (Å²) in [5.74, 6) is 3.64. The van der Waals surface area contributed by atoms with Crippen LogP contribution in [0.2, 0.25) is 0 Å². The normalized spacial score (nSPS) is 11.8. The van der Waals surface area contributed by atoms with Crippen LogP contribution in [0.15, 0.2) is 72.8 Å². The van der Waals surface area contributed by atoms with Crippen LogP contribution in [0.5, 0.6) is 17.2 Å². The van der Waals surface area contributed by atoms with Crippen molar-refractivity contribution in [2.45, 2.75) is 60.8 Å². The van der Waals surface area contributed by atoms with E-state index in [0.29, 0.717) is 17.8 Å². The molecule has 0 fully saturated rings. The molecule has 35 heavy (non-hydrogen) atoms. The molecule has 0 saturated heterocycles.